The molecule has 8 nitrogen and oxygen atoms in total. The molecule has 174 valence electrons. The van der Waals surface area contributed by atoms with E-state index in [2.05, 4.69) is 0 Å². The molecule has 0 heterocycles. The Morgan fingerprint density at radius 3 is 2.31 bits per heavy atom. The van der Waals surface area contributed by atoms with Crippen LogP contribution in [0.15, 0.2) is 47.4 Å². The molecule has 0 N–H and O–H groups in total. The van der Waals surface area contributed by atoms with Crippen molar-refractivity contribution in [2.75, 3.05) is 6.61 Å². The van der Waals surface area contributed by atoms with Gasteiger partial charge in [-0.2, -0.15) is 4.31 Å². The number of hydrogen-bond acceptors (Lipinski definition) is 6. The van der Waals surface area contributed by atoms with E-state index in [1.165, 1.54) is 46.8 Å². The van der Waals surface area contributed by atoms with E-state index >= 15 is 0 Å². The maximum atomic E-state index is 13.6. The topological polar surface area (TPSA) is 107 Å². The molecule has 0 saturated carbocycles. The van der Waals surface area contributed by atoms with E-state index in [9.17, 15) is 23.3 Å². The minimum Gasteiger partial charge on any atom is -0.466 e. The van der Waals surface area contributed by atoms with Crippen molar-refractivity contribution in [3.8, 4) is 0 Å². The van der Waals surface area contributed by atoms with Crippen molar-refractivity contribution in [2.45, 2.75) is 44.7 Å². The molecule has 2 aromatic carbocycles. The third-order valence-corrected chi connectivity index (χ3v) is 7.24. The summed E-state index contributed by atoms with van der Waals surface area (Å²) >= 11 is 11.8. The molecule has 11 heteroatoms. The van der Waals surface area contributed by atoms with Crippen LogP contribution < -0.4 is 0 Å². The van der Waals surface area contributed by atoms with Gasteiger partial charge in [0.25, 0.3) is 5.69 Å². The average Bonchev–Trinajstić information content (AvgIpc) is 2.71. The Hall–Kier alpha value is -2.20. The van der Waals surface area contributed by atoms with Gasteiger partial charge in [0.15, 0.2) is 0 Å². The van der Waals surface area contributed by atoms with Gasteiger partial charge in [-0.15, -0.1) is 0 Å². The number of ether oxygens (including phenoxy) is 1. The zero-order valence-corrected chi connectivity index (χ0v) is 20.2. The van der Waals surface area contributed by atoms with Crippen molar-refractivity contribution in [3.63, 3.8) is 0 Å². The lowest BCUT2D eigenvalue weighted by Crippen LogP contribution is -2.44. The monoisotopic (exact) mass is 502 g/mol. The lowest BCUT2D eigenvalue weighted by atomic mass is 10.0. The van der Waals surface area contributed by atoms with Gasteiger partial charge in [0.2, 0.25) is 10.0 Å². The summed E-state index contributed by atoms with van der Waals surface area (Å²) in [6.07, 6.45) is -0.173. The van der Waals surface area contributed by atoms with Crippen molar-refractivity contribution >= 4 is 44.9 Å². The molecular formula is C21H24Cl2N2O6S. The fourth-order valence-electron chi connectivity index (χ4n) is 3.16. The van der Waals surface area contributed by atoms with Crippen LogP contribution >= 0.6 is 23.2 Å². The summed E-state index contributed by atoms with van der Waals surface area (Å²) in [5.74, 6) is -0.798. The van der Waals surface area contributed by atoms with E-state index in [1.807, 2.05) is 0 Å². The van der Waals surface area contributed by atoms with Gasteiger partial charge in [-0.3, -0.25) is 14.9 Å². The van der Waals surface area contributed by atoms with Crippen molar-refractivity contribution in [1.82, 2.24) is 4.31 Å². The van der Waals surface area contributed by atoms with Crippen molar-refractivity contribution in [1.29, 1.82) is 0 Å². The molecular weight excluding hydrogens is 479 g/mol. The standard InChI is InChI=1S/C21H24Cl2N2O6S/c1-4-31-21(26)12-19(14(2)3)24(32(29,30)17-8-6-16(22)7-9-17)13-15-5-10-18(23)20(11-15)25(27)28/h5-11,14,19H,4,12-13H2,1-3H3/t19-/m1/s1. The Balaban J connectivity index is 2.57. The molecule has 0 aliphatic rings. The molecule has 0 saturated heterocycles. The second kappa shape index (κ2) is 11.1. The van der Waals surface area contributed by atoms with Crippen LogP contribution in [0.5, 0.6) is 0 Å². The van der Waals surface area contributed by atoms with Gasteiger partial charge in [0.1, 0.15) is 5.02 Å². The number of hydrogen-bond donors (Lipinski definition) is 0. The smallest absolute Gasteiger partial charge is 0.307 e. The van der Waals surface area contributed by atoms with Gasteiger partial charge in [-0.05, 0) is 48.7 Å². The van der Waals surface area contributed by atoms with Crippen molar-refractivity contribution in [3.05, 3.63) is 68.2 Å². The summed E-state index contributed by atoms with van der Waals surface area (Å²) < 4.78 is 33.4. The number of nitro benzene ring substituents is 1. The van der Waals surface area contributed by atoms with Gasteiger partial charge in [0.05, 0.1) is 22.8 Å². The van der Waals surface area contributed by atoms with E-state index in [1.54, 1.807) is 20.8 Å². The zero-order chi connectivity index (χ0) is 24.1. The quantitative estimate of drug-likeness (QED) is 0.255. The lowest BCUT2D eigenvalue weighted by molar-refractivity contribution is -0.384. The molecule has 0 aromatic heterocycles. The fourth-order valence-corrected chi connectivity index (χ4v) is 5.22. The van der Waals surface area contributed by atoms with Crippen LogP contribution in [0, 0.1) is 16.0 Å². The normalized spacial score (nSPS) is 12.7. The van der Waals surface area contributed by atoms with Gasteiger partial charge in [0, 0.05) is 23.7 Å². The van der Waals surface area contributed by atoms with Crippen molar-refractivity contribution < 1.29 is 22.9 Å². The number of carbonyl (C=O) groups is 1. The number of carbonyl (C=O) groups excluding carboxylic acids is 1. The molecule has 0 aliphatic carbocycles. The number of nitro groups is 1. The van der Waals surface area contributed by atoms with E-state index in [0.29, 0.717) is 10.6 Å². The van der Waals surface area contributed by atoms with Gasteiger partial charge in [-0.1, -0.05) is 43.1 Å². The molecule has 2 aromatic rings. The third kappa shape index (κ3) is 6.41. The predicted molar refractivity (Wildman–Crippen MR) is 122 cm³/mol. The van der Waals surface area contributed by atoms with E-state index in [0.717, 1.165) is 0 Å². The molecule has 0 spiro atoms. The molecule has 0 amide bonds. The molecule has 0 radical (unpaired) electrons. The molecule has 0 bridgehead atoms. The summed E-state index contributed by atoms with van der Waals surface area (Å²) in [6.45, 7) is 5.21. The first-order chi connectivity index (χ1) is 15.0. The van der Waals surface area contributed by atoms with E-state index in [4.69, 9.17) is 27.9 Å². The highest BCUT2D eigenvalue weighted by atomic mass is 35.5. The SMILES string of the molecule is CCOC(=O)C[C@H](C(C)C)N(Cc1ccc(Cl)c([N+](=O)[O-])c1)S(=O)(=O)c1ccc(Cl)cc1. The number of halogens is 2. The molecule has 0 aliphatic heterocycles. The number of nitrogens with zero attached hydrogens (tertiary/aromatic N) is 2. The summed E-state index contributed by atoms with van der Waals surface area (Å²) in [4.78, 5) is 22.9. The number of sulfonamides is 1. The number of benzene rings is 2. The Kier molecular flexibility index (Phi) is 9.03. The van der Waals surface area contributed by atoms with Crippen LogP contribution in [-0.4, -0.2) is 36.3 Å². The van der Waals surface area contributed by atoms with E-state index in [-0.39, 0.29) is 41.1 Å². The van der Waals surface area contributed by atoms with E-state index < -0.39 is 27.0 Å². The summed E-state index contributed by atoms with van der Waals surface area (Å²) in [7, 11) is -4.10. The van der Waals surface area contributed by atoms with Gasteiger partial charge < -0.3 is 4.74 Å². The second-order valence-corrected chi connectivity index (χ2v) is 10.1. The van der Waals surface area contributed by atoms with Crippen molar-refractivity contribution in [2.24, 2.45) is 5.92 Å². The minimum absolute atomic E-state index is 0.0140. The highest BCUT2D eigenvalue weighted by Crippen LogP contribution is 2.30. The predicted octanol–water partition coefficient (Wildman–Crippen LogP) is 5.07. The first-order valence-electron chi connectivity index (χ1n) is 9.83. The summed E-state index contributed by atoms with van der Waals surface area (Å²) in [6, 6.07) is 8.98. The molecule has 2 rings (SSSR count). The first-order valence-corrected chi connectivity index (χ1v) is 12.0. The zero-order valence-electron chi connectivity index (χ0n) is 17.8. The molecule has 0 fully saturated rings. The minimum atomic E-state index is -4.10. The Bertz CT molecular complexity index is 1070. The van der Waals surface area contributed by atoms with Crippen LogP contribution in [0.25, 0.3) is 0 Å². The van der Waals surface area contributed by atoms with Gasteiger partial charge >= 0.3 is 5.97 Å². The molecule has 1 atom stereocenters. The van der Waals surface area contributed by atoms with Crippen LogP contribution in [0.2, 0.25) is 10.0 Å². The number of rotatable bonds is 10. The summed E-state index contributed by atoms with van der Waals surface area (Å²) in [5, 5.41) is 11.6. The third-order valence-electron chi connectivity index (χ3n) is 4.79. The molecule has 0 unspecified atom stereocenters. The second-order valence-electron chi connectivity index (χ2n) is 7.37. The highest BCUT2D eigenvalue weighted by Gasteiger charge is 2.35. The highest BCUT2D eigenvalue weighted by molar-refractivity contribution is 7.89. The van der Waals surface area contributed by atoms with Crippen LogP contribution in [0.3, 0.4) is 0 Å². The van der Waals surface area contributed by atoms with Gasteiger partial charge in [-0.25, -0.2) is 8.42 Å². The Morgan fingerprint density at radius 1 is 1.16 bits per heavy atom. The van der Waals surface area contributed by atoms with Crippen LogP contribution in [-0.2, 0) is 26.1 Å². The lowest BCUT2D eigenvalue weighted by Gasteiger charge is -2.33. The van der Waals surface area contributed by atoms with Crippen LogP contribution in [0.1, 0.15) is 32.8 Å². The van der Waals surface area contributed by atoms with Crippen LogP contribution in [0.4, 0.5) is 5.69 Å². The Morgan fingerprint density at radius 2 is 1.78 bits per heavy atom. The molecule has 32 heavy (non-hydrogen) atoms. The number of esters is 1. The maximum Gasteiger partial charge on any atom is 0.307 e. The maximum absolute atomic E-state index is 13.6. The summed E-state index contributed by atoms with van der Waals surface area (Å²) in [5.41, 5.74) is 0.0210. The largest absolute Gasteiger partial charge is 0.466 e. The Labute approximate surface area is 197 Å². The average molecular weight is 503 g/mol. The fraction of sp³-hybridized carbons (Fsp3) is 0.381. The first kappa shape index (κ1) is 26.1.